The smallest absolute Gasteiger partial charge is 0.255 e. The molecule has 0 unspecified atom stereocenters. The van der Waals surface area contributed by atoms with Crippen molar-refractivity contribution in [3.8, 4) is 11.3 Å². The van der Waals surface area contributed by atoms with Crippen molar-refractivity contribution in [3.63, 3.8) is 0 Å². The number of piperazine rings is 1. The van der Waals surface area contributed by atoms with Gasteiger partial charge in [0.1, 0.15) is 5.65 Å². The Hall–Kier alpha value is -3.97. The molecule has 1 N–H and O–H groups in total. The second kappa shape index (κ2) is 8.88. The number of imidazole rings is 1. The van der Waals surface area contributed by atoms with Gasteiger partial charge in [-0.05, 0) is 43.4 Å². The Kier molecular flexibility index (Phi) is 5.62. The first-order chi connectivity index (χ1) is 16.1. The highest BCUT2D eigenvalue weighted by Crippen LogP contribution is 2.20. The fourth-order valence-electron chi connectivity index (χ4n) is 3.96. The minimum absolute atomic E-state index is 0.0277. The van der Waals surface area contributed by atoms with Crippen molar-refractivity contribution in [3.05, 3.63) is 90.3 Å². The molecule has 5 rings (SSSR count). The van der Waals surface area contributed by atoms with Gasteiger partial charge in [-0.1, -0.05) is 30.3 Å². The van der Waals surface area contributed by atoms with E-state index in [1.807, 2.05) is 52.0 Å². The van der Waals surface area contributed by atoms with Crippen molar-refractivity contribution in [2.45, 2.75) is 0 Å². The summed E-state index contributed by atoms with van der Waals surface area (Å²) in [6.45, 7) is 3.23. The zero-order chi connectivity index (χ0) is 22.8. The highest BCUT2D eigenvalue weighted by molar-refractivity contribution is 6.05. The predicted octanol–water partition coefficient (Wildman–Crippen LogP) is 3.64. The van der Waals surface area contributed by atoms with Crippen molar-refractivity contribution in [1.82, 2.24) is 19.2 Å². The molecule has 166 valence electrons. The number of carbonyl (C=O) groups excluding carboxylic acids is 2. The van der Waals surface area contributed by atoms with Crippen LogP contribution in [0.15, 0.2) is 79.1 Å². The lowest BCUT2D eigenvalue weighted by atomic mass is 10.1. The maximum atomic E-state index is 12.8. The van der Waals surface area contributed by atoms with E-state index in [-0.39, 0.29) is 11.8 Å². The number of benzene rings is 2. The molecule has 1 aliphatic heterocycles. The van der Waals surface area contributed by atoms with Crippen LogP contribution in [0.4, 0.5) is 5.69 Å². The van der Waals surface area contributed by atoms with Crippen LogP contribution < -0.4 is 5.32 Å². The third-order valence-electron chi connectivity index (χ3n) is 5.97. The number of nitrogens with one attached hydrogen (secondary N) is 1. The lowest BCUT2D eigenvalue weighted by molar-refractivity contribution is 0.0664. The van der Waals surface area contributed by atoms with Gasteiger partial charge in [0.25, 0.3) is 11.8 Å². The number of likely N-dealkylation sites (N-methyl/N-ethyl adjacent to an activating group) is 1. The first-order valence-corrected chi connectivity index (χ1v) is 11.0. The summed E-state index contributed by atoms with van der Waals surface area (Å²) in [6.07, 6.45) is 3.78. The molecular formula is C26H25N5O2. The third-order valence-corrected chi connectivity index (χ3v) is 5.97. The van der Waals surface area contributed by atoms with Crippen LogP contribution in [0.3, 0.4) is 0 Å². The van der Waals surface area contributed by atoms with Crippen LogP contribution in [0.5, 0.6) is 0 Å². The molecule has 33 heavy (non-hydrogen) atoms. The minimum atomic E-state index is -0.222. The number of rotatable bonds is 4. The van der Waals surface area contributed by atoms with Crippen LogP contribution in [0.1, 0.15) is 20.7 Å². The molecule has 2 amide bonds. The molecule has 4 aromatic rings. The molecule has 2 aromatic heterocycles. The predicted molar refractivity (Wildman–Crippen MR) is 128 cm³/mol. The number of fused-ring (bicyclic) bond motifs is 1. The topological polar surface area (TPSA) is 70.0 Å². The number of hydrogen-bond donors (Lipinski definition) is 1. The summed E-state index contributed by atoms with van der Waals surface area (Å²) in [7, 11) is 2.06. The van der Waals surface area contributed by atoms with E-state index in [0.29, 0.717) is 22.5 Å². The SMILES string of the molecule is CN1CCN(C(=O)c2ccc(NC(=O)c3ccn4cc(-c5ccccc5)nc4c3)cc2)CC1. The Morgan fingerprint density at radius 1 is 0.879 bits per heavy atom. The number of anilines is 1. The maximum Gasteiger partial charge on any atom is 0.255 e. The Balaban J connectivity index is 1.27. The van der Waals surface area contributed by atoms with E-state index >= 15 is 0 Å². The minimum Gasteiger partial charge on any atom is -0.336 e. The molecule has 0 bridgehead atoms. The van der Waals surface area contributed by atoms with Gasteiger partial charge < -0.3 is 19.5 Å². The molecule has 7 nitrogen and oxygen atoms in total. The fourth-order valence-corrected chi connectivity index (χ4v) is 3.96. The van der Waals surface area contributed by atoms with Crippen LogP contribution in [0, 0.1) is 0 Å². The Morgan fingerprint density at radius 3 is 2.33 bits per heavy atom. The van der Waals surface area contributed by atoms with Gasteiger partial charge in [-0.15, -0.1) is 0 Å². The van der Waals surface area contributed by atoms with E-state index in [4.69, 9.17) is 0 Å². The number of hydrogen-bond acceptors (Lipinski definition) is 4. The number of nitrogens with zero attached hydrogens (tertiary/aromatic N) is 4. The summed E-state index contributed by atoms with van der Waals surface area (Å²) < 4.78 is 1.90. The van der Waals surface area contributed by atoms with Gasteiger partial charge in [-0.25, -0.2) is 4.98 Å². The normalized spacial score (nSPS) is 14.4. The summed E-state index contributed by atoms with van der Waals surface area (Å²) in [4.78, 5) is 34.2. The summed E-state index contributed by atoms with van der Waals surface area (Å²) in [6, 6.07) is 20.5. The second-order valence-electron chi connectivity index (χ2n) is 8.30. The third kappa shape index (κ3) is 4.49. The molecule has 0 aliphatic carbocycles. The van der Waals surface area contributed by atoms with Crippen LogP contribution >= 0.6 is 0 Å². The van der Waals surface area contributed by atoms with Crippen molar-refractivity contribution >= 4 is 23.1 Å². The first kappa shape index (κ1) is 20.9. The lowest BCUT2D eigenvalue weighted by Crippen LogP contribution is -2.47. The summed E-state index contributed by atoms with van der Waals surface area (Å²) in [5, 5.41) is 2.91. The van der Waals surface area contributed by atoms with Crippen molar-refractivity contribution in [2.24, 2.45) is 0 Å². The van der Waals surface area contributed by atoms with Gasteiger partial charge in [0.2, 0.25) is 0 Å². The molecule has 1 fully saturated rings. The Labute approximate surface area is 192 Å². The molecule has 0 saturated carbocycles. The molecule has 1 saturated heterocycles. The molecule has 0 atom stereocenters. The van der Waals surface area contributed by atoms with Gasteiger partial charge in [-0.2, -0.15) is 0 Å². The van der Waals surface area contributed by atoms with Crippen molar-refractivity contribution in [1.29, 1.82) is 0 Å². The van der Waals surface area contributed by atoms with Crippen LogP contribution in [-0.4, -0.2) is 64.2 Å². The van der Waals surface area contributed by atoms with E-state index in [9.17, 15) is 9.59 Å². The van der Waals surface area contributed by atoms with E-state index < -0.39 is 0 Å². The first-order valence-electron chi connectivity index (χ1n) is 11.0. The highest BCUT2D eigenvalue weighted by Gasteiger charge is 2.20. The second-order valence-corrected chi connectivity index (χ2v) is 8.30. The van der Waals surface area contributed by atoms with Gasteiger partial charge in [0.15, 0.2) is 0 Å². The van der Waals surface area contributed by atoms with Crippen LogP contribution in [0.2, 0.25) is 0 Å². The average molecular weight is 440 g/mol. The lowest BCUT2D eigenvalue weighted by Gasteiger charge is -2.32. The Bertz CT molecular complexity index is 1290. The van der Waals surface area contributed by atoms with Gasteiger partial charge >= 0.3 is 0 Å². The molecule has 0 spiro atoms. The van der Waals surface area contributed by atoms with Gasteiger partial charge in [-0.3, -0.25) is 9.59 Å². The summed E-state index contributed by atoms with van der Waals surface area (Å²) in [5.41, 5.74) is 4.38. The van der Waals surface area contributed by atoms with E-state index in [0.717, 1.165) is 37.4 Å². The highest BCUT2D eigenvalue weighted by atomic mass is 16.2. The standard InChI is InChI=1S/C26H25N5O2/c1-29-13-15-30(16-14-29)26(33)20-7-9-22(10-8-20)27-25(32)21-11-12-31-18-23(28-24(31)17-21)19-5-3-2-4-6-19/h2-12,17-18H,13-16H2,1H3,(H,27,32). The molecule has 0 radical (unpaired) electrons. The molecule has 2 aromatic carbocycles. The van der Waals surface area contributed by atoms with Crippen LogP contribution in [-0.2, 0) is 0 Å². The van der Waals surface area contributed by atoms with Crippen molar-refractivity contribution < 1.29 is 9.59 Å². The number of aromatic nitrogens is 2. The zero-order valence-corrected chi connectivity index (χ0v) is 18.4. The van der Waals surface area contributed by atoms with Gasteiger partial charge in [0, 0.05) is 61.0 Å². The number of pyridine rings is 1. The maximum absolute atomic E-state index is 12.8. The largest absolute Gasteiger partial charge is 0.336 e. The molecule has 7 heteroatoms. The van der Waals surface area contributed by atoms with Gasteiger partial charge in [0.05, 0.1) is 5.69 Å². The Morgan fingerprint density at radius 2 is 1.61 bits per heavy atom. The number of carbonyl (C=O) groups is 2. The zero-order valence-electron chi connectivity index (χ0n) is 18.4. The monoisotopic (exact) mass is 439 g/mol. The van der Waals surface area contributed by atoms with E-state index in [1.54, 1.807) is 36.4 Å². The molecule has 3 heterocycles. The summed E-state index contributed by atoms with van der Waals surface area (Å²) in [5.74, 6) is -0.195. The molecular weight excluding hydrogens is 414 g/mol. The fraction of sp³-hybridized carbons (Fsp3) is 0.192. The summed E-state index contributed by atoms with van der Waals surface area (Å²) >= 11 is 0. The quantitative estimate of drug-likeness (QED) is 0.527. The number of amides is 2. The molecule has 1 aliphatic rings. The average Bonchev–Trinajstić information content (AvgIpc) is 3.29. The van der Waals surface area contributed by atoms with E-state index in [2.05, 4.69) is 22.2 Å². The van der Waals surface area contributed by atoms with E-state index in [1.165, 1.54) is 0 Å². The van der Waals surface area contributed by atoms with Crippen LogP contribution in [0.25, 0.3) is 16.9 Å². The van der Waals surface area contributed by atoms with Crippen molar-refractivity contribution in [2.75, 3.05) is 38.5 Å².